The standard InChI is InChI=1S/C31H37BrFN3O4S/c1-23(2)21-34-31(38)29(20-24-11-5-4-6-12-24)35(22-25-13-9-14-26(32)19-25)30(37)17-10-18-36(41(3,39)40)28-16-8-7-15-27(28)33/h4-9,11-16,19,23,29H,10,17-18,20-22H2,1-3H3,(H,34,38)/t29-/m1/s1. The zero-order valence-corrected chi connectivity index (χ0v) is 26.0. The molecule has 0 aliphatic carbocycles. The maximum absolute atomic E-state index is 14.5. The molecule has 0 aromatic heterocycles. The van der Waals surface area contributed by atoms with Crippen LogP contribution in [0.4, 0.5) is 10.1 Å². The summed E-state index contributed by atoms with van der Waals surface area (Å²) >= 11 is 3.48. The lowest BCUT2D eigenvalue weighted by Crippen LogP contribution is -2.51. The van der Waals surface area contributed by atoms with Gasteiger partial charge in [-0.25, -0.2) is 12.8 Å². The Morgan fingerprint density at radius 1 is 0.951 bits per heavy atom. The Hall–Kier alpha value is -3.24. The maximum atomic E-state index is 14.5. The molecule has 10 heteroatoms. The quantitative estimate of drug-likeness (QED) is 0.249. The zero-order chi connectivity index (χ0) is 30.0. The highest BCUT2D eigenvalue weighted by Crippen LogP contribution is 2.23. The summed E-state index contributed by atoms with van der Waals surface area (Å²) in [5, 5.41) is 2.99. The minimum absolute atomic E-state index is 0.0305. The largest absolute Gasteiger partial charge is 0.354 e. The number of carbonyl (C=O) groups is 2. The molecule has 0 unspecified atom stereocenters. The van der Waals surface area contributed by atoms with E-state index in [9.17, 15) is 22.4 Å². The summed E-state index contributed by atoms with van der Waals surface area (Å²) < 4.78 is 41.3. The molecule has 220 valence electrons. The SMILES string of the molecule is CC(C)CNC(=O)[C@@H](Cc1ccccc1)N(Cc1cccc(Br)c1)C(=O)CCCN(c1ccccc1F)S(C)(=O)=O. The van der Waals surface area contributed by atoms with Gasteiger partial charge in [0.1, 0.15) is 11.9 Å². The molecule has 0 saturated carbocycles. The molecular weight excluding hydrogens is 609 g/mol. The number of carbonyl (C=O) groups excluding carboxylic acids is 2. The number of benzene rings is 3. The van der Waals surface area contributed by atoms with Gasteiger partial charge < -0.3 is 10.2 Å². The fourth-order valence-electron chi connectivity index (χ4n) is 4.44. The van der Waals surface area contributed by atoms with Crippen LogP contribution in [0.3, 0.4) is 0 Å². The van der Waals surface area contributed by atoms with Crippen LogP contribution in [0, 0.1) is 11.7 Å². The third kappa shape index (κ3) is 9.97. The summed E-state index contributed by atoms with van der Waals surface area (Å²) in [4.78, 5) is 28.9. The number of halogens is 2. The predicted octanol–water partition coefficient (Wildman–Crippen LogP) is 5.55. The van der Waals surface area contributed by atoms with Crippen LogP contribution in [-0.4, -0.2) is 50.5 Å². The molecule has 41 heavy (non-hydrogen) atoms. The first-order valence-electron chi connectivity index (χ1n) is 13.5. The van der Waals surface area contributed by atoms with Gasteiger partial charge in [-0.2, -0.15) is 0 Å². The number of nitrogens with one attached hydrogen (secondary N) is 1. The topological polar surface area (TPSA) is 86.8 Å². The van der Waals surface area contributed by atoms with Gasteiger partial charge in [0.2, 0.25) is 21.8 Å². The van der Waals surface area contributed by atoms with Crippen molar-refractivity contribution in [3.8, 4) is 0 Å². The second-order valence-corrected chi connectivity index (χ2v) is 13.2. The van der Waals surface area contributed by atoms with Crippen LogP contribution in [-0.2, 0) is 32.6 Å². The molecule has 0 aliphatic rings. The number of sulfonamides is 1. The van der Waals surface area contributed by atoms with Crippen LogP contribution in [0.5, 0.6) is 0 Å². The second kappa shape index (κ2) is 15.1. The molecule has 0 bridgehead atoms. The molecule has 0 radical (unpaired) electrons. The molecular formula is C31H37BrFN3O4S. The van der Waals surface area contributed by atoms with Gasteiger partial charge in [0.25, 0.3) is 0 Å². The van der Waals surface area contributed by atoms with E-state index < -0.39 is 21.9 Å². The molecule has 2 amide bonds. The van der Waals surface area contributed by atoms with Gasteiger partial charge in [-0.15, -0.1) is 0 Å². The zero-order valence-electron chi connectivity index (χ0n) is 23.6. The van der Waals surface area contributed by atoms with E-state index >= 15 is 0 Å². The van der Waals surface area contributed by atoms with E-state index in [1.54, 1.807) is 11.0 Å². The van der Waals surface area contributed by atoms with Crippen molar-refractivity contribution in [2.24, 2.45) is 5.92 Å². The number of anilines is 1. The molecule has 3 rings (SSSR count). The van der Waals surface area contributed by atoms with Gasteiger partial charge in [0.05, 0.1) is 11.9 Å². The molecule has 3 aromatic rings. The predicted molar refractivity (Wildman–Crippen MR) is 164 cm³/mol. The van der Waals surface area contributed by atoms with Crippen molar-refractivity contribution in [1.29, 1.82) is 0 Å². The van der Waals surface area contributed by atoms with Gasteiger partial charge in [-0.3, -0.25) is 13.9 Å². The van der Waals surface area contributed by atoms with Crippen LogP contribution in [0.2, 0.25) is 0 Å². The highest BCUT2D eigenvalue weighted by Gasteiger charge is 2.31. The molecule has 3 aromatic carbocycles. The third-order valence-electron chi connectivity index (χ3n) is 6.47. The van der Waals surface area contributed by atoms with Gasteiger partial charge in [-0.1, -0.05) is 84.4 Å². The van der Waals surface area contributed by atoms with E-state index in [4.69, 9.17) is 0 Å². The first-order valence-corrected chi connectivity index (χ1v) is 16.2. The second-order valence-electron chi connectivity index (χ2n) is 10.4. The molecule has 0 aliphatic heterocycles. The van der Waals surface area contributed by atoms with E-state index in [0.29, 0.717) is 13.0 Å². The molecule has 0 spiro atoms. The van der Waals surface area contributed by atoms with E-state index in [1.807, 2.05) is 68.4 Å². The molecule has 0 fully saturated rings. The number of hydrogen-bond acceptors (Lipinski definition) is 4. The number of rotatable bonds is 14. The van der Waals surface area contributed by atoms with Crippen LogP contribution < -0.4 is 9.62 Å². The van der Waals surface area contributed by atoms with E-state index in [1.165, 1.54) is 18.2 Å². The first kappa shape index (κ1) is 32.3. The molecule has 1 atom stereocenters. The van der Waals surface area contributed by atoms with Crippen LogP contribution in [0.25, 0.3) is 0 Å². The van der Waals surface area contributed by atoms with Crippen molar-refractivity contribution in [2.45, 2.75) is 45.7 Å². The lowest BCUT2D eigenvalue weighted by molar-refractivity contribution is -0.141. The third-order valence-corrected chi connectivity index (χ3v) is 8.14. The lowest BCUT2D eigenvalue weighted by atomic mass is 10.0. The average Bonchev–Trinajstić information content (AvgIpc) is 2.92. The van der Waals surface area contributed by atoms with E-state index in [0.717, 1.165) is 26.2 Å². The molecule has 7 nitrogen and oxygen atoms in total. The molecule has 0 heterocycles. The number of amides is 2. The Labute approximate surface area is 250 Å². The summed E-state index contributed by atoms with van der Waals surface area (Å²) in [6, 6.07) is 21.9. The first-order chi connectivity index (χ1) is 19.5. The average molecular weight is 647 g/mol. The van der Waals surface area contributed by atoms with Crippen LogP contribution >= 0.6 is 15.9 Å². The number of nitrogens with zero attached hydrogens (tertiary/aromatic N) is 2. The summed E-state index contributed by atoms with van der Waals surface area (Å²) in [5.41, 5.74) is 1.68. The van der Waals surface area contributed by atoms with Gasteiger partial charge in [0, 0.05) is 36.9 Å². The summed E-state index contributed by atoms with van der Waals surface area (Å²) in [6.07, 6.45) is 1.43. The van der Waals surface area contributed by atoms with Crippen LogP contribution in [0.15, 0.2) is 83.3 Å². The highest BCUT2D eigenvalue weighted by molar-refractivity contribution is 9.10. The van der Waals surface area contributed by atoms with Gasteiger partial charge in [-0.05, 0) is 47.7 Å². The lowest BCUT2D eigenvalue weighted by Gasteiger charge is -2.32. The monoisotopic (exact) mass is 645 g/mol. The van der Waals surface area contributed by atoms with Crippen LogP contribution in [0.1, 0.15) is 37.8 Å². The Kier molecular flexibility index (Phi) is 11.9. The Bertz CT molecular complexity index is 1420. The van der Waals surface area contributed by atoms with Crippen molar-refractivity contribution in [2.75, 3.05) is 23.7 Å². The fourth-order valence-corrected chi connectivity index (χ4v) is 5.86. The number of hydrogen-bond donors (Lipinski definition) is 1. The maximum Gasteiger partial charge on any atom is 0.243 e. The van der Waals surface area contributed by atoms with Crippen molar-refractivity contribution < 1.29 is 22.4 Å². The Balaban J connectivity index is 1.89. The minimum Gasteiger partial charge on any atom is -0.354 e. The summed E-state index contributed by atoms with van der Waals surface area (Å²) in [7, 11) is -3.80. The van der Waals surface area contributed by atoms with E-state index in [2.05, 4.69) is 21.2 Å². The fraction of sp³-hybridized carbons (Fsp3) is 0.355. The summed E-state index contributed by atoms with van der Waals surface area (Å²) in [5.74, 6) is -0.987. The minimum atomic E-state index is -3.80. The highest BCUT2D eigenvalue weighted by atomic mass is 79.9. The van der Waals surface area contributed by atoms with Gasteiger partial charge in [0.15, 0.2) is 0 Å². The normalized spacial score (nSPS) is 12.1. The van der Waals surface area contributed by atoms with E-state index in [-0.39, 0.29) is 49.4 Å². The summed E-state index contributed by atoms with van der Waals surface area (Å²) in [6.45, 7) is 4.57. The Morgan fingerprint density at radius 2 is 1.61 bits per heavy atom. The molecule has 1 N–H and O–H groups in total. The van der Waals surface area contributed by atoms with Crippen molar-refractivity contribution in [3.05, 3.63) is 100 Å². The molecule has 0 saturated heterocycles. The smallest absolute Gasteiger partial charge is 0.243 e. The van der Waals surface area contributed by atoms with Crippen molar-refractivity contribution >= 4 is 43.5 Å². The number of para-hydroxylation sites is 1. The van der Waals surface area contributed by atoms with Gasteiger partial charge >= 0.3 is 0 Å². The van der Waals surface area contributed by atoms with Crippen molar-refractivity contribution in [1.82, 2.24) is 10.2 Å². The van der Waals surface area contributed by atoms with Crippen molar-refractivity contribution in [3.63, 3.8) is 0 Å². The Morgan fingerprint density at radius 3 is 2.24 bits per heavy atom.